The molecule has 13 heavy (non-hydrogen) atoms. The smallest absolute Gasteiger partial charge is 0.207 e. The molecule has 4 heteroatoms. The summed E-state index contributed by atoms with van der Waals surface area (Å²) >= 11 is 0. The summed E-state index contributed by atoms with van der Waals surface area (Å²) in [5.41, 5.74) is 0.0417. The van der Waals surface area contributed by atoms with Crippen LogP contribution < -0.4 is 5.32 Å². The second-order valence-electron chi connectivity index (χ2n) is 3.38. The number of amides is 1. The van der Waals surface area contributed by atoms with Crippen LogP contribution in [0.5, 0.6) is 0 Å². The zero-order chi connectivity index (χ0) is 10.7. The van der Waals surface area contributed by atoms with Crippen molar-refractivity contribution in [2.24, 2.45) is 0 Å². The van der Waals surface area contributed by atoms with E-state index in [0.717, 1.165) is 0 Å². The molecule has 0 aliphatic carbocycles. The van der Waals surface area contributed by atoms with Crippen LogP contribution in [0.15, 0.2) is 0 Å². The van der Waals surface area contributed by atoms with E-state index < -0.39 is 0 Å². The van der Waals surface area contributed by atoms with Crippen LogP contribution in [0.4, 0.5) is 0 Å². The summed E-state index contributed by atoms with van der Waals surface area (Å²) in [4.78, 5) is 9.51. The third kappa shape index (κ3) is 24.6. The minimum absolute atomic E-state index is 0.0417. The molecule has 0 unspecified atom stereocenters. The Morgan fingerprint density at radius 3 is 2.00 bits per heavy atom. The first-order valence-corrected chi connectivity index (χ1v) is 4.19. The highest BCUT2D eigenvalue weighted by atomic mass is 16.5. The number of ether oxygens (including phenoxy) is 2. The van der Waals surface area contributed by atoms with Gasteiger partial charge in [-0.2, -0.15) is 0 Å². The highest BCUT2D eigenvalue weighted by Gasteiger charge is 2.03. The molecule has 0 fully saturated rings. The van der Waals surface area contributed by atoms with Crippen LogP contribution in [-0.2, 0) is 14.3 Å². The third-order valence-corrected chi connectivity index (χ3v) is 1.15. The molecule has 0 heterocycles. The molecule has 0 bridgehead atoms. The van der Waals surface area contributed by atoms with E-state index in [2.05, 4.69) is 10.1 Å². The van der Waals surface area contributed by atoms with Crippen molar-refractivity contribution in [1.29, 1.82) is 0 Å². The van der Waals surface area contributed by atoms with E-state index in [-0.39, 0.29) is 5.60 Å². The van der Waals surface area contributed by atoms with Gasteiger partial charge in [-0.15, -0.1) is 0 Å². The first kappa shape index (κ1) is 14.9. The zero-order valence-corrected chi connectivity index (χ0v) is 9.22. The molecule has 0 radical (unpaired) electrons. The molecule has 0 atom stereocenters. The van der Waals surface area contributed by atoms with Crippen LogP contribution in [0.3, 0.4) is 0 Å². The SMILES string of the molecule is COC(C)(C)C.COCCNC=O. The lowest BCUT2D eigenvalue weighted by Gasteiger charge is -2.14. The van der Waals surface area contributed by atoms with Gasteiger partial charge in [-0.05, 0) is 20.8 Å². The monoisotopic (exact) mass is 191 g/mol. The van der Waals surface area contributed by atoms with Crippen molar-refractivity contribution in [3.05, 3.63) is 0 Å². The van der Waals surface area contributed by atoms with E-state index in [4.69, 9.17) is 4.74 Å². The van der Waals surface area contributed by atoms with Crippen LogP contribution in [-0.4, -0.2) is 39.4 Å². The Morgan fingerprint density at radius 2 is 1.77 bits per heavy atom. The summed E-state index contributed by atoms with van der Waals surface area (Å²) < 4.78 is 9.56. The third-order valence-electron chi connectivity index (χ3n) is 1.15. The van der Waals surface area contributed by atoms with Gasteiger partial charge in [0.1, 0.15) is 0 Å². The van der Waals surface area contributed by atoms with Crippen LogP contribution >= 0.6 is 0 Å². The maximum absolute atomic E-state index is 9.51. The molecule has 0 aromatic heterocycles. The molecule has 1 amide bonds. The van der Waals surface area contributed by atoms with Crippen molar-refractivity contribution in [3.8, 4) is 0 Å². The Balaban J connectivity index is 0. The summed E-state index contributed by atoms with van der Waals surface area (Å²) in [6.45, 7) is 7.24. The molecule has 0 aromatic carbocycles. The van der Waals surface area contributed by atoms with Gasteiger partial charge in [0.05, 0.1) is 12.2 Å². The number of carbonyl (C=O) groups is 1. The first-order chi connectivity index (χ1) is 5.97. The van der Waals surface area contributed by atoms with Gasteiger partial charge in [-0.1, -0.05) is 0 Å². The number of methoxy groups -OCH3 is 2. The molecule has 0 aliphatic heterocycles. The molecule has 0 aromatic rings. The molecule has 0 aliphatic rings. The quantitative estimate of drug-likeness (QED) is 0.528. The maximum atomic E-state index is 9.51. The van der Waals surface area contributed by atoms with Gasteiger partial charge in [-0.25, -0.2) is 0 Å². The van der Waals surface area contributed by atoms with E-state index in [1.165, 1.54) is 0 Å². The van der Waals surface area contributed by atoms with Crippen molar-refractivity contribution in [2.75, 3.05) is 27.4 Å². The minimum Gasteiger partial charge on any atom is -0.383 e. The second-order valence-corrected chi connectivity index (χ2v) is 3.38. The first-order valence-electron chi connectivity index (χ1n) is 4.19. The number of hydrogen-bond donors (Lipinski definition) is 1. The normalized spacial score (nSPS) is 9.92. The summed E-state index contributed by atoms with van der Waals surface area (Å²) in [5, 5.41) is 2.44. The Labute approximate surface area is 80.6 Å². The van der Waals surface area contributed by atoms with Crippen LogP contribution in [0.25, 0.3) is 0 Å². The Bertz CT molecular complexity index is 110. The van der Waals surface area contributed by atoms with Gasteiger partial charge in [0.15, 0.2) is 0 Å². The van der Waals surface area contributed by atoms with Crippen molar-refractivity contribution in [1.82, 2.24) is 5.32 Å². The largest absolute Gasteiger partial charge is 0.383 e. The van der Waals surface area contributed by atoms with Crippen LogP contribution in [0, 0.1) is 0 Å². The van der Waals surface area contributed by atoms with E-state index >= 15 is 0 Å². The predicted molar refractivity (Wildman–Crippen MR) is 52.7 cm³/mol. The molecule has 1 N–H and O–H groups in total. The van der Waals surface area contributed by atoms with Crippen molar-refractivity contribution in [3.63, 3.8) is 0 Å². The Hall–Kier alpha value is -0.610. The molecule has 0 spiro atoms. The van der Waals surface area contributed by atoms with Crippen LogP contribution in [0.1, 0.15) is 20.8 Å². The van der Waals surface area contributed by atoms with Gasteiger partial charge >= 0.3 is 0 Å². The average molecular weight is 191 g/mol. The zero-order valence-electron chi connectivity index (χ0n) is 9.22. The average Bonchev–Trinajstić information content (AvgIpc) is 2.06. The van der Waals surface area contributed by atoms with Crippen molar-refractivity contribution >= 4 is 6.41 Å². The summed E-state index contributed by atoms with van der Waals surface area (Å²) in [7, 11) is 3.30. The maximum Gasteiger partial charge on any atom is 0.207 e. The van der Waals surface area contributed by atoms with Gasteiger partial charge in [0, 0.05) is 20.8 Å². The Kier molecular flexibility index (Phi) is 10.9. The van der Waals surface area contributed by atoms with E-state index in [9.17, 15) is 4.79 Å². The van der Waals surface area contributed by atoms with Gasteiger partial charge in [0.2, 0.25) is 6.41 Å². The molecular formula is C9H21NO3. The highest BCUT2D eigenvalue weighted by molar-refractivity contribution is 5.45. The van der Waals surface area contributed by atoms with E-state index in [1.54, 1.807) is 14.2 Å². The summed E-state index contributed by atoms with van der Waals surface area (Å²) in [6.07, 6.45) is 0.652. The molecule has 0 saturated carbocycles. The number of hydrogen-bond acceptors (Lipinski definition) is 3. The lowest BCUT2D eigenvalue weighted by Crippen LogP contribution is -2.16. The summed E-state index contributed by atoms with van der Waals surface area (Å²) in [5.74, 6) is 0. The molecule has 4 nitrogen and oxygen atoms in total. The predicted octanol–water partition coefficient (Wildman–Crippen LogP) is 0.810. The fraction of sp³-hybridized carbons (Fsp3) is 0.889. The lowest BCUT2D eigenvalue weighted by molar-refractivity contribution is -0.109. The van der Waals surface area contributed by atoms with Crippen molar-refractivity contribution < 1.29 is 14.3 Å². The van der Waals surface area contributed by atoms with E-state index in [0.29, 0.717) is 19.6 Å². The van der Waals surface area contributed by atoms with Gasteiger partial charge < -0.3 is 14.8 Å². The molecule has 0 rings (SSSR count). The van der Waals surface area contributed by atoms with E-state index in [1.807, 2.05) is 20.8 Å². The number of nitrogens with one attached hydrogen (secondary N) is 1. The molecular weight excluding hydrogens is 170 g/mol. The Morgan fingerprint density at radius 1 is 1.31 bits per heavy atom. The fourth-order valence-electron chi connectivity index (χ4n) is 0.220. The molecule has 80 valence electrons. The number of rotatable bonds is 4. The minimum atomic E-state index is 0.0417. The fourth-order valence-corrected chi connectivity index (χ4v) is 0.220. The molecule has 0 saturated heterocycles. The van der Waals surface area contributed by atoms with Crippen LogP contribution in [0.2, 0.25) is 0 Å². The lowest BCUT2D eigenvalue weighted by atomic mass is 10.2. The number of carbonyl (C=O) groups excluding carboxylic acids is 1. The van der Waals surface area contributed by atoms with Gasteiger partial charge in [-0.3, -0.25) is 4.79 Å². The topological polar surface area (TPSA) is 47.6 Å². The second kappa shape index (κ2) is 9.48. The highest BCUT2D eigenvalue weighted by Crippen LogP contribution is 2.02. The van der Waals surface area contributed by atoms with Crippen molar-refractivity contribution in [2.45, 2.75) is 26.4 Å². The summed E-state index contributed by atoms with van der Waals surface area (Å²) in [6, 6.07) is 0. The van der Waals surface area contributed by atoms with Gasteiger partial charge in [0.25, 0.3) is 0 Å². The standard InChI is InChI=1S/C5H12O.C4H9NO2/c1-5(2,3)6-4;1-7-3-2-5-4-6/h1-4H3;4H,2-3H2,1H3,(H,5,6).